The van der Waals surface area contributed by atoms with Crippen LogP contribution >= 0.6 is 31.9 Å². The predicted molar refractivity (Wildman–Crippen MR) is 116 cm³/mol. The Morgan fingerprint density at radius 3 is 2.47 bits per heavy atom. The summed E-state index contributed by atoms with van der Waals surface area (Å²) in [4.78, 5) is 12.4. The number of aryl methyl sites for hydroxylation is 1. The second-order valence-electron chi connectivity index (χ2n) is 7.49. The van der Waals surface area contributed by atoms with Crippen LogP contribution in [0.15, 0.2) is 39.4 Å². The average molecular weight is 579 g/mol. The quantitative estimate of drug-likeness (QED) is 0.365. The number of benzene rings is 1. The van der Waals surface area contributed by atoms with E-state index in [9.17, 15) is 22.4 Å². The lowest BCUT2D eigenvalue weighted by Gasteiger charge is -2.07. The van der Waals surface area contributed by atoms with Gasteiger partial charge in [-0.3, -0.25) is 14.2 Å². The van der Waals surface area contributed by atoms with Crippen LogP contribution in [0.5, 0.6) is 0 Å². The van der Waals surface area contributed by atoms with Crippen LogP contribution in [0, 0.1) is 5.82 Å². The van der Waals surface area contributed by atoms with E-state index in [4.69, 9.17) is 0 Å². The number of nitrogens with zero attached hydrogens (tertiary/aromatic N) is 4. The van der Waals surface area contributed by atoms with Crippen molar-refractivity contribution in [1.82, 2.24) is 19.6 Å². The molecule has 1 aromatic carbocycles. The van der Waals surface area contributed by atoms with Gasteiger partial charge in [-0.2, -0.15) is 23.4 Å². The maximum absolute atomic E-state index is 13.2. The summed E-state index contributed by atoms with van der Waals surface area (Å²) in [7, 11) is 0. The van der Waals surface area contributed by atoms with Crippen molar-refractivity contribution in [2.24, 2.45) is 0 Å². The van der Waals surface area contributed by atoms with Gasteiger partial charge in [-0.15, -0.1) is 0 Å². The van der Waals surface area contributed by atoms with Crippen LogP contribution in [-0.2, 0) is 24.1 Å². The van der Waals surface area contributed by atoms with E-state index in [-0.39, 0.29) is 35.0 Å². The van der Waals surface area contributed by atoms with Gasteiger partial charge >= 0.3 is 6.18 Å². The van der Waals surface area contributed by atoms with Gasteiger partial charge in [0, 0.05) is 18.5 Å². The zero-order valence-corrected chi connectivity index (χ0v) is 19.6. The van der Waals surface area contributed by atoms with E-state index < -0.39 is 17.8 Å². The Kier molecular flexibility index (Phi) is 6.44. The first-order valence-corrected chi connectivity index (χ1v) is 11.3. The van der Waals surface area contributed by atoms with Crippen molar-refractivity contribution in [1.29, 1.82) is 0 Å². The molecule has 2 heterocycles. The molecule has 4 rings (SSSR count). The third-order valence-electron chi connectivity index (χ3n) is 4.95. The molecule has 0 aliphatic heterocycles. The van der Waals surface area contributed by atoms with Crippen molar-refractivity contribution in [2.45, 2.75) is 44.4 Å². The van der Waals surface area contributed by atoms with Gasteiger partial charge in [0.1, 0.15) is 5.82 Å². The Labute approximate surface area is 197 Å². The molecule has 1 aliphatic carbocycles. The number of nitrogens with one attached hydrogen (secondary N) is 1. The van der Waals surface area contributed by atoms with Crippen LogP contribution in [0.25, 0.3) is 0 Å². The Balaban J connectivity index is 1.41. The summed E-state index contributed by atoms with van der Waals surface area (Å²) in [6.07, 6.45) is -1.37. The summed E-state index contributed by atoms with van der Waals surface area (Å²) in [6.45, 7) is 0.390. The van der Waals surface area contributed by atoms with Crippen molar-refractivity contribution in [3.63, 3.8) is 0 Å². The van der Waals surface area contributed by atoms with Gasteiger partial charge in [0.2, 0.25) is 5.91 Å². The number of carbonyl (C=O) groups excluding carboxylic acids is 1. The highest BCUT2D eigenvalue weighted by atomic mass is 79.9. The fourth-order valence-corrected chi connectivity index (χ4v) is 4.54. The van der Waals surface area contributed by atoms with Crippen LogP contribution in [-0.4, -0.2) is 25.5 Å². The topological polar surface area (TPSA) is 64.7 Å². The number of aromatic nitrogens is 4. The van der Waals surface area contributed by atoms with Crippen LogP contribution in [0.1, 0.15) is 42.1 Å². The Morgan fingerprint density at radius 2 is 1.84 bits per heavy atom. The maximum atomic E-state index is 13.2. The minimum atomic E-state index is -4.57. The number of halogens is 6. The third kappa shape index (κ3) is 5.22. The molecule has 1 fully saturated rings. The van der Waals surface area contributed by atoms with Gasteiger partial charge < -0.3 is 5.32 Å². The molecule has 12 heteroatoms. The van der Waals surface area contributed by atoms with Crippen LogP contribution in [0.4, 0.5) is 23.4 Å². The summed E-state index contributed by atoms with van der Waals surface area (Å²) in [6, 6.07) is 5.98. The summed E-state index contributed by atoms with van der Waals surface area (Å²) in [5, 5.41) is 10.7. The molecule has 0 bridgehead atoms. The molecule has 32 heavy (non-hydrogen) atoms. The molecule has 0 spiro atoms. The smallest absolute Gasteiger partial charge is 0.308 e. The van der Waals surface area contributed by atoms with Crippen molar-refractivity contribution < 1.29 is 22.4 Å². The predicted octanol–water partition coefficient (Wildman–Crippen LogP) is 5.72. The highest BCUT2D eigenvalue weighted by Gasteiger charge is 2.41. The van der Waals surface area contributed by atoms with Crippen molar-refractivity contribution in [3.8, 4) is 0 Å². The monoisotopic (exact) mass is 577 g/mol. The number of alkyl halides is 3. The lowest BCUT2D eigenvalue weighted by molar-refractivity contribution is -0.142. The fraction of sp³-hybridized carbons (Fsp3) is 0.350. The molecule has 1 amide bonds. The zero-order valence-electron chi connectivity index (χ0n) is 16.5. The highest BCUT2D eigenvalue weighted by Crippen LogP contribution is 2.47. The normalized spacial score (nSPS) is 14.1. The lowest BCUT2D eigenvalue weighted by atomic mass is 10.2. The van der Waals surface area contributed by atoms with E-state index in [0.717, 1.165) is 18.4 Å². The average Bonchev–Trinajstić information content (AvgIpc) is 3.41. The number of carbonyl (C=O) groups is 1. The molecule has 1 N–H and O–H groups in total. The van der Waals surface area contributed by atoms with E-state index in [1.54, 1.807) is 23.0 Å². The van der Waals surface area contributed by atoms with E-state index in [1.165, 1.54) is 16.8 Å². The molecule has 0 saturated heterocycles. The van der Waals surface area contributed by atoms with Crippen LogP contribution in [0.2, 0.25) is 0 Å². The Hall–Kier alpha value is -2.21. The molecule has 0 unspecified atom stereocenters. The largest absolute Gasteiger partial charge is 0.436 e. The minimum Gasteiger partial charge on any atom is -0.308 e. The van der Waals surface area contributed by atoms with Gasteiger partial charge in [-0.05, 0) is 62.4 Å². The number of anilines is 1. The Morgan fingerprint density at radius 1 is 1.16 bits per heavy atom. The SMILES string of the molecule is O=C(CCn1nc(C(F)(F)F)c(Br)c1C1CC1)Nc1nn(Cc2ccc(F)cc2)cc1Br. The second kappa shape index (κ2) is 8.97. The first-order chi connectivity index (χ1) is 15.1. The highest BCUT2D eigenvalue weighted by molar-refractivity contribution is 9.11. The van der Waals surface area contributed by atoms with E-state index in [0.29, 0.717) is 16.7 Å². The maximum Gasteiger partial charge on any atom is 0.436 e. The zero-order chi connectivity index (χ0) is 23.0. The van der Waals surface area contributed by atoms with E-state index in [1.807, 2.05) is 0 Å². The molecule has 1 aliphatic rings. The minimum absolute atomic E-state index is 0.0141. The van der Waals surface area contributed by atoms with Gasteiger partial charge in [0.15, 0.2) is 11.5 Å². The van der Waals surface area contributed by atoms with Gasteiger partial charge in [0.25, 0.3) is 0 Å². The van der Waals surface area contributed by atoms with E-state index in [2.05, 4.69) is 47.4 Å². The fourth-order valence-electron chi connectivity index (χ4n) is 3.29. The van der Waals surface area contributed by atoms with Gasteiger partial charge in [0.05, 0.1) is 27.7 Å². The van der Waals surface area contributed by atoms with Crippen LogP contribution < -0.4 is 5.32 Å². The number of rotatable bonds is 7. The molecule has 2 aromatic heterocycles. The molecule has 1 saturated carbocycles. The number of hydrogen-bond donors (Lipinski definition) is 1. The molecule has 0 atom stereocenters. The summed E-state index contributed by atoms with van der Waals surface area (Å²) >= 11 is 6.37. The molecular weight excluding hydrogens is 562 g/mol. The third-order valence-corrected chi connectivity index (χ3v) is 6.31. The molecule has 170 valence electrons. The first kappa shape index (κ1) is 23.0. The summed E-state index contributed by atoms with van der Waals surface area (Å²) < 4.78 is 56.0. The molecular formula is C20H17Br2F4N5O. The van der Waals surface area contributed by atoms with E-state index >= 15 is 0 Å². The van der Waals surface area contributed by atoms with Crippen molar-refractivity contribution in [2.75, 3.05) is 5.32 Å². The number of hydrogen-bond acceptors (Lipinski definition) is 3. The molecule has 6 nitrogen and oxygen atoms in total. The Bertz CT molecular complexity index is 1140. The summed E-state index contributed by atoms with van der Waals surface area (Å²) in [5.41, 5.74) is 0.341. The number of amides is 1. The van der Waals surface area contributed by atoms with Gasteiger partial charge in [-0.1, -0.05) is 12.1 Å². The van der Waals surface area contributed by atoms with Crippen molar-refractivity contribution >= 4 is 43.6 Å². The lowest BCUT2D eigenvalue weighted by Crippen LogP contribution is -2.17. The molecule has 0 radical (unpaired) electrons. The van der Waals surface area contributed by atoms with Crippen LogP contribution in [0.3, 0.4) is 0 Å². The van der Waals surface area contributed by atoms with Gasteiger partial charge in [-0.25, -0.2) is 4.39 Å². The second-order valence-corrected chi connectivity index (χ2v) is 9.14. The van der Waals surface area contributed by atoms with Crippen molar-refractivity contribution in [3.05, 3.63) is 62.2 Å². The first-order valence-electron chi connectivity index (χ1n) is 9.72. The standard InChI is InChI=1S/C20H17Br2F4N5O/c21-14-10-30(9-11-1-5-13(23)6-2-11)29-19(14)27-15(32)7-8-31-17(12-3-4-12)16(22)18(28-31)20(24,25)26/h1-2,5-6,10,12H,3-4,7-9H2,(H,27,29,32). The summed E-state index contributed by atoms with van der Waals surface area (Å²) in [5.74, 6) is -0.427. The molecule has 3 aromatic rings.